The minimum Gasteiger partial charge on any atom is -0.314 e. The number of nitrogens with zero attached hydrogens (tertiary/aromatic N) is 2. The fourth-order valence-electron chi connectivity index (χ4n) is 2.82. The molecule has 4 nitrogen and oxygen atoms in total. The quantitative estimate of drug-likeness (QED) is 0.865. The number of Topliss-reactive ketones (excluding diaryl/α,β-unsaturated/α-hetero) is 1. The number of hydrogen-bond acceptors (Lipinski definition) is 3. The highest BCUT2D eigenvalue weighted by molar-refractivity contribution is 9.10. The molecule has 0 radical (unpaired) electrons. The van der Waals surface area contributed by atoms with Crippen molar-refractivity contribution in [3.8, 4) is 0 Å². The maximum absolute atomic E-state index is 12.2. The zero-order chi connectivity index (χ0) is 14.5. The van der Waals surface area contributed by atoms with Gasteiger partial charge in [-0.15, -0.1) is 0 Å². The van der Waals surface area contributed by atoms with E-state index in [1.807, 2.05) is 11.6 Å². The normalized spacial score (nSPS) is 19.2. The van der Waals surface area contributed by atoms with Crippen LogP contribution in [-0.2, 0) is 17.8 Å². The minimum absolute atomic E-state index is 0.313. The van der Waals surface area contributed by atoms with Crippen molar-refractivity contribution in [1.82, 2.24) is 15.1 Å². The second-order valence-electron chi connectivity index (χ2n) is 5.56. The van der Waals surface area contributed by atoms with E-state index in [-0.39, 0.29) is 0 Å². The zero-order valence-electron chi connectivity index (χ0n) is 12.4. The van der Waals surface area contributed by atoms with Crippen molar-refractivity contribution in [3.63, 3.8) is 0 Å². The molecule has 0 spiro atoms. The highest BCUT2D eigenvalue weighted by atomic mass is 79.9. The summed E-state index contributed by atoms with van der Waals surface area (Å²) < 4.78 is 2.92. The smallest absolute Gasteiger partial charge is 0.138 e. The first-order valence-electron chi connectivity index (χ1n) is 7.58. The van der Waals surface area contributed by atoms with E-state index in [9.17, 15) is 4.79 Å². The number of rotatable bonds is 6. The number of aromatic nitrogens is 2. The Morgan fingerprint density at radius 2 is 2.30 bits per heavy atom. The molecule has 1 aliphatic heterocycles. The van der Waals surface area contributed by atoms with Crippen LogP contribution >= 0.6 is 15.9 Å². The summed E-state index contributed by atoms with van der Waals surface area (Å²) in [5, 5.41) is 7.93. The lowest BCUT2D eigenvalue weighted by Crippen LogP contribution is -2.34. The maximum Gasteiger partial charge on any atom is 0.138 e. The number of ketones is 1. The minimum atomic E-state index is 0.313. The molecule has 2 rings (SSSR count). The standard InChI is InChI=1S/C15H24BrN3O/c1-3-19-14(15(16)11(2)18-19)10-13(20)8-7-12-6-4-5-9-17-12/h12,17H,3-10H2,1-2H3. The first-order valence-corrected chi connectivity index (χ1v) is 8.38. The lowest BCUT2D eigenvalue weighted by Gasteiger charge is -2.23. The van der Waals surface area contributed by atoms with Crippen molar-refractivity contribution < 1.29 is 4.79 Å². The van der Waals surface area contributed by atoms with Gasteiger partial charge in [0.2, 0.25) is 0 Å². The van der Waals surface area contributed by atoms with Crippen LogP contribution in [-0.4, -0.2) is 28.2 Å². The van der Waals surface area contributed by atoms with Gasteiger partial charge in [0.1, 0.15) is 5.78 Å². The first-order chi connectivity index (χ1) is 9.61. The van der Waals surface area contributed by atoms with Gasteiger partial charge in [-0.25, -0.2) is 0 Å². The molecule has 1 N–H and O–H groups in total. The molecule has 1 aliphatic rings. The van der Waals surface area contributed by atoms with Crippen LogP contribution in [0.2, 0.25) is 0 Å². The Bertz CT molecular complexity index is 464. The molecule has 0 aromatic carbocycles. The third-order valence-corrected chi connectivity index (χ3v) is 5.03. The monoisotopic (exact) mass is 341 g/mol. The molecular formula is C15H24BrN3O. The SMILES string of the molecule is CCn1nc(C)c(Br)c1CC(=O)CCC1CCCCN1. The topological polar surface area (TPSA) is 46.9 Å². The molecule has 1 fully saturated rings. The molecule has 0 saturated carbocycles. The van der Waals surface area contributed by atoms with Crippen LogP contribution < -0.4 is 5.32 Å². The molecule has 1 unspecified atom stereocenters. The summed E-state index contributed by atoms with van der Waals surface area (Å²) in [6.07, 6.45) is 5.89. The van der Waals surface area contributed by atoms with Gasteiger partial charge in [0, 0.05) is 25.4 Å². The summed E-state index contributed by atoms with van der Waals surface area (Å²) in [5.41, 5.74) is 1.98. The molecule has 1 saturated heterocycles. The van der Waals surface area contributed by atoms with Crippen molar-refractivity contribution in [2.75, 3.05) is 6.54 Å². The molecule has 112 valence electrons. The van der Waals surface area contributed by atoms with Crippen LogP contribution in [0.25, 0.3) is 0 Å². The Kier molecular flexibility index (Phi) is 5.78. The van der Waals surface area contributed by atoms with Gasteiger partial charge in [0.15, 0.2) is 0 Å². The molecule has 5 heteroatoms. The second kappa shape index (κ2) is 7.36. The van der Waals surface area contributed by atoms with Gasteiger partial charge < -0.3 is 5.32 Å². The van der Waals surface area contributed by atoms with Crippen LogP contribution in [0.3, 0.4) is 0 Å². The lowest BCUT2D eigenvalue weighted by atomic mass is 9.98. The fourth-order valence-corrected chi connectivity index (χ4v) is 3.24. The highest BCUT2D eigenvalue weighted by Crippen LogP contribution is 2.22. The predicted molar refractivity (Wildman–Crippen MR) is 83.9 cm³/mol. The van der Waals surface area contributed by atoms with Crippen LogP contribution in [0, 0.1) is 6.92 Å². The summed E-state index contributed by atoms with van der Waals surface area (Å²) in [4.78, 5) is 12.2. The number of nitrogens with one attached hydrogen (secondary N) is 1. The highest BCUT2D eigenvalue weighted by Gasteiger charge is 2.18. The van der Waals surface area contributed by atoms with E-state index in [0.717, 1.165) is 35.4 Å². The molecule has 1 atom stereocenters. The third kappa shape index (κ3) is 3.92. The molecule has 20 heavy (non-hydrogen) atoms. The summed E-state index contributed by atoms with van der Waals surface area (Å²) in [6.45, 7) is 5.93. The van der Waals surface area contributed by atoms with Crippen molar-refractivity contribution >= 4 is 21.7 Å². The van der Waals surface area contributed by atoms with Gasteiger partial charge in [-0.05, 0) is 55.6 Å². The van der Waals surface area contributed by atoms with Gasteiger partial charge >= 0.3 is 0 Å². The van der Waals surface area contributed by atoms with E-state index >= 15 is 0 Å². The Labute approximate surface area is 129 Å². The summed E-state index contributed by atoms with van der Waals surface area (Å²) >= 11 is 3.55. The van der Waals surface area contributed by atoms with Crippen LogP contribution in [0.5, 0.6) is 0 Å². The predicted octanol–water partition coefficient (Wildman–Crippen LogP) is 3.01. The number of carbonyl (C=O) groups excluding carboxylic acids is 1. The lowest BCUT2D eigenvalue weighted by molar-refractivity contribution is -0.118. The van der Waals surface area contributed by atoms with Gasteiger partial charge in [0.05, 0.1) is 15.9 Å². The van der Waals surface area contributed by atoms with E-state index in [2.05, 4.69) is 33.3 Å². The molecule has 0 amide bonds. The van der Waals surface area contributed by atoms with Gasteiger partial charge in [0.25, 0.3) is 0 Å². The average Bonchev–Trinajstić information content (AvgIpc) is 2.74. The molecule has 1 aromatic heterocycles. The van der Waals surface area contributed by atoms with Crippen LogP contribution in [0.4, 0.5) is 0 Å². The Balaban J connectivity index is 1.87. The number of piperidine rings is 1. The van der Waals surface area contributed by atoms with Crippen molar-refractivity contribution in [2.45, 2.75) is 65.0 Å². The Morgan fingerprint density at radius 1 is 1.50 bits per heavy atom. The van der Waals surface area contributed by atoms with E-state index in [0.29, 0.717) is 24.7 Å². The summed E-state index contributed by atoms with van der Waals surface area (Å²) in [5.74, 6) is 0.313. The Hall–Kier alpha value is -0.680. The average molecular weight is 342 g/mol. The summed E-state index contributed by atoms with van der Waals surface area (Å²) in [6, 6.07) is 0.536. The van der Waals surface area contributed by atoms with Crippen molar-refractivity contribution in [3.05, 3.63) is 15.9 Å². The number of carbonyl (C=O) groups is 1. The number of aryl methyl sites for hydroxylation is 2. The van der Waals surface area contributed by atoms with Gasteiger partial charge in [-0.3, -0.25) is 9.48 Å². The van der Waals surface area contributed by atoms with Crippen LogP contribution in [0.15, 0.2) is 4.47 Å². The zero-order valence-corrected chi connectivity index (χ0v) is 14.0. The summed E-state index contributed by atoms with van der Waals surface area (Å²) in [7, 11) is 0. The second-order valence-corrected chi connectivity index (χ2v) is 6.36. The van der Waals surface area contributed by atoms with E-state index in [4.69, 9.17) is 0 Å². The molecule has 1 aromatic rings. The largest absolute Gasteiger partial charge is 0.314 e. The van der Waals surface area contributed by atoms with E-state index in [1.54, 1.807) is 0 Å². The molecular weight excluding hydrogens is 318 g/mol. The van der Waals surface area contributed by atoms with Gasteiger partial charge in [-0.1, -0.05) is 6.42 Å². The number of hydrogen-bond donors (Lipinski definition) is 1. The molecule has 0 bridgehead atoms. The first kappa shape index (κ1) is 15.7. The fraction of sp³-hybridized carbons (Fsp3) is 0.733. The van der Waals surface area contributed by atoms with E-state index < -0.39 is 0 Å². The van der Waals surface area contributed by atoms with Crippen molar-refractivity contribution in [1.29, 1.82) is 0 Å². The number of halogens is 1. The maximum atomic E-state index is 12.2. The van der Waals surface area contributed by atoms with Crippen LogP contribution in [0.1, 0.15) is 50.4 Å². The van der Waals surface area contributed by atoms with Gasteiger partial charge in [-0.2, -0.15) is 5.10 Å². The molecule has 2 heterocycles. The third-order valence-electron chi connectivity index (χ3n) is 4.00. The molecule has 0 aliphatic carbocycles. The Morgan fingerprint density at radius 3 is 2.95 bits per heavy atom. The van der Waals surface area contributed by atoms with Crippen molar-refractivity contribution in [2.24, 2.45) is 0 Å². The van der Waals surface area contributed by atoms with E-state index in [1.165, 1.54) is 19.3 Å².